The van der Waals surface area contributed by atoms with Crippen LogP contribution in [0.3, 0.4) is 0 Å². The van der Waals surface area contributed by atoms with Crippen molar-refractivity contribution in [1.82, 2.24) is 10.6 Å². The van der Waals surface area contributed by atoms with E-state index in [9.17, 15) is 9.59 Å². The molecule has 1 aliphatic carbocycles. The molecule has 1 aliphatic heterocycles. The summed E-state index contributed by atoms with van der Waals surface area (Å²) in [6.45, 7) is 3.07. The van der Waals surface area contributed by atoms with Crippen LogP contribution in [0.1, 0.15) is 43.0 Å². The van der Waals surface area contributed by atoms with Gasteiger partial charge in [-0.1, -0.05) is 6.07 Å². The monoisotopic (exact) mass is 337 g/mol. The van der Waals surface area contributed by atoms with E-state index in [4.69, 9.17) is 0 Å². The van der Waals surface area contributed by atoms with Gasteiger partial charge in [-0.3, -0.25) is 9.59 Å². The molecule has 1 saturated carbocycles. The van der Waals surface area contributed by atoms with Crippen molar-refractivity contribution in [3.63, 3.8) is 0 Å². The van der Waals surface area contributed by atoms with Crippen molar-refractivity contribution in [3.05, 3.63) is 29.8 Å². The number of hydrogen-bond acceptors (Lipinski definition) is 3. The number of carbonyl (C=O) groups is 2. The summed E-state index contributed by atoms with van der Waals surface area (Å²) >= 11 is 0. The van der Waals surface area contributed by atoms with Gasteiger partial charge in [0, 0.05) is 29.3 Å². The quantitative estimate of drug-likeness (QED) is 0.789. The summed E-state index contributed by atoms with van der Waals surface area (Å²) in [5, 5.41) is 9.34. The lowest BCUT2D eigenvalue weighted by Crippen LogP contribution is -2.46. The molecule has 1 heterocycles. The number of amides is 2. The molecular formula is C17H24ClN3O2. The van der Waals surface area contributed by atoms with Gasteiger partial charge in [-0.25, -0.2) is 0 Å². The molecule has 0 bridgehead atoms. The van der Waals surface area contributed by atoms with Crippen LogP contribution in [0.2, 0.25) is 0 Å². The van der Waals surface area contributed by atoms with Gasteiger partial charge in [0.1, 0.15) is 0 Å². The Labute approximate surface area is 143 Å². The molecule has 3 rings (SSSR count). The predicted molar refractivity (Wildman–Crippen MR) is 93.0 cm³/mol. The summed E-state index contributed by atoms with van der Waals surface area (Å²) in [6, 6.07) is 7.82. The Morgan fingerprint density at radius 1 is 1.22 bits per heavy atom. The molecule has 2 unspecified atom stereocenters. The summed E-state index contributed by atoms with van der Waals surface area (Å²) < 4.78 is 0. The zero-order chi connectivity index (χ0) is 15.5. The Hall–Kier alpha value is -1.59. The van der Waals surface area contributed by atoms with E-state index in [1.54, 1.807) is 12.1 Å². The number of rotatable bonds is 4. The van der Waals surface area contributed by atoms with Gasteiger partial charge in [-0.15, -0.1) is 12.4 Å². The van der Waals surface area contributed by atoms with E-state index >= 15 is 0 Å². The normalized spacial score (nSPS) is 23.5. The highest BCUT2D eigenvalue weighted by molar-refractivity contribution is 5.98. The third-order valence-corrected chi connectivity index (χ3v) is 4.30. The number of benzene rings is 1. The molecule has 2 fully saturated rings. The molecule has 0 aromatic heterocycles. The Kier molecular flexibility index (Phi) is 6.02. The number of halogens is 1. The highest BCUT2D eigenvalue weighted by Gasteiger charge is 2.29. The first-order chi connectivity index (χ1) is 10.6. The number of piperidine rings is 1. The minimum Gasteiger partial charge on any atom is -0.349 e. The Morgan fingerprint density at radius 3 is 2.70 bits per heavy atom. The van der Waals surface area contributed by atoms with Crippen LogP contribution >= 0.6 is 12.4 Å². The predicted octanol–water partition coefficient (Wildman–Crippen LogP) is 2.33. The smallest absolute Gasteiger partial charge is 0.251 e. The van der Waals surface area contributed by atoms with Gasteiger partial charge in [0.15, 0.2) is 0 Å². The summed E-state index contributed by atoms with van der Waals surface area (Å²) in [4.78, 5) is 24.1. The number of carbonyl (C=O) groups excluding carboxylic acids is 2. The van der Waals surface area contributed by atoms with E-state index in [1.807, 2.05) is 12.1 Å². The van der Waals surface area contributed by atoms with E-state index in [-0.39, 0.29) is 36.2 Å². The number of anilines is 1. The minimum absolute atomic E-state index is 0. The molecule has 1 saturated heterocycles. The largest absolute Gasteiger partial charge is 0.349 e. The van der Waals surface area contributed by atoms with E-state index in [0.717, 1.165) is 32.2 Å². The Morgan fingerprint density at radius 2 is 2.00 bits per heavy atom. The molecule has 126 valence electrons. The molecule has 1 aromatic carbocycles. The van der Waals surface area contributed by atoms with Crippen molar-refractivity contribution in [3.8, 4) is 0 Å². The van der Waals surface area contributed by atoms with Gasteiger partial charge in [0.05, 0.1) is 0 Å². The Balaban J connectivity index is 0.00000192. The molecule has 3 N–H and O–H groups in total. The van der Waals surface area contributed by atoms with Gasteiger partial charge in [-0.2, -0.15) is 0 Å². The van der Waals surface area contributed by atoms with Crippen molar-refractivity contribution in [2.75, 3.05) is 11.9 Å². The van der Waals surface area contributed by atoms with Crippen molar-refractivity contribution < 1.29 is 9.59 Å². The molecule has 2 aliphatic rings. The maximum absolute atomic E-state index is 12.4. The van der Waals surface area contributed by atoms with Crippen LogP contribution in [0.5, 0.6) is 0 Å². The van der Waals surface area contributed by atoms with E-state index in [0.29, 0.717) is 17.3 Å². The maximum atomic E-state index is 12.4. The second kappa shape index (κ2) is 7.79. The number of hydrogen-bond donors (Lipinski definition) is 3. The van der Waals surface area contributed by atoms with Crippen LogP contribution in [-0.4, -0.2) is 30.4 Å². The fourth-order valence-corrected chi connectivity index (χ4v) is 2.86. The molecule has 0 spiro atoms. The minimum atomic E-state index is -0.0679. The summed E-state index contributed by atoms with van der Waals surface area (Å²) in [7, 11) is 0. The van der Waals surface area contributed by atoms with Crippen LogP contribution in [0.4, 0.5) is 5.69 Å². The molecule has 0 radical (unpaired) electrons. The van der Waals surface area contributed by atoms with Crippen molar-refractivity contribution in [1.29, 1.82) is 0 Å². The van der Waals surface area contributed by atoms with Crippen LogP contribution in [-0.2, 0) is 4.79 Å². The van der Waals surface area contributed by atoms with Crippen LogP contribution in [0.25, 0.3) is 0 Å². The third kappa shape index (κ3) is 4.94. The lowest BCUT2D eigenvalue weighted by atomic mass is 10.00. The molecule has 2 atom stereocenters. The first-order valence-corrected chi connectivity index (χ1v) is 8.07. The summed E-state index contributed by atoms with van der Waals surface area (Å²) in [5.74, 6) is 0.153. The van der Waals surface area contributed by atoms with Gasteiger partial charge in [0.25, 0.3) is 5.91 Å². The summed E-state index contributed by atoms with van der Waals surface area (Å²) in [5.41, 5.74) is 1.29. The van der Waals surface area contributed by atoms with Gasteiger partial charge >= 0.3 is 0 Å². The SMILES string of the molecule is CC1CC(NC(=O)c2cccc(NC(=O)C3CC3)c2)CCN1.Cl. The highest BCUT2D eigenvalue weighted by atomic mass is 35.5. The highest BCUT2D eigenvalue weighted by Crippen LogP contribution is 2.30. The molecule has 2 amide bonds. The fourth-order valence-electron chi connectivity index (χ4n) is 2.86. The molecule has 5 nitrogen and oxygen atoms in total. The van der Waals surface area contributed by atoms with Gasteiger partial charge in [-0.05, 0) is 57.4 Å². The molecule has 1 aromatic rings. The Bertz CT molecular complexity index is 575. The lowest BCUT2D eigenvalue weighted by Gasteiger charge is -2.28. The van der Waals surface area contributed by atoms with E-state index in [2.05, 4.69) is 22.9 Å². The topological polar surface area (TPSA) is 70.2 Å². The van der Waals surface area contributed by atoms with Crippen LogP contribution in [0, 0.1) is 5.92 Å². The standard InChI is InChI=1S/C17H23N3O2.ClH/c1-11-9-15(7-8-18-11)20-17(22)13-3-2-4-14(10-13)19-16(21)12-5-6-12;/h2-4,10-12,15,18H,5-9H2,1H3,(H,19,21)(H,20,22);1H. The zero-order valence-corrected chi connectivity index (χ0v) is 14.1. The lowest BCUT2D eigenvalue weighted by molar-refractivity contribution is -0.117. The average molecular weight is 338 g/mol. The van der Waals surface area contributed by atoms with Crippen molar-refractivity contribution in [2.24, 2.45) is 5.92 Å². The van der Waals surface area contributed by atoms with Crippen molar-refractivity contribution >= 4 is 29.9 Å². The first-order valence-electron chi connectivity index (χ1n) is 8.07. The van der Waals surface area contributed by atoms with Crippen molar-refractivity contribution in [2.45, 2.75) is 44.7 Å². The molecular weight excluding hydrogens is 314 g/mol. The molecule has 23 heavy (non-hydrogen) atoms. The second-order valence-electron chi connectivity index (χ2n) is 6.39. The molecule has 6 heteroatoms. The average Bonchev–Trinajstić information content (AvgIpc) is 3.32. The third-order valence-electron chi connectivity index (χ3n) is 4.30. The second-order valence-corrected chi connectivity index (χ2v) is 6.39. The van der Waals surface area contributed by atoms with Crippen LogP contribution < -0.4 is 16.0 Å². The van der Waals surface area contributed by atoms with Gasteiger partial charge in [0.2, 0.25) is 5.91 Å². The van der Waals surface area contributed by atoms with E-state index in [1.165, 1.54) is 0 Å². The first kappa shape index (κ1) is 17.8. The van der Waals surface area contributed by atoms with E-state index < -0.39 is 0 Å². The van der Waals surface area contributed by atoms with Gasteiger partial charge < -0.3 is 16.0 Å². The van der Waals surface area contributed by atoms with Crippen LogP contribution in [0.15, 0.2) is 24.3 Å². The maximum Gasteiger partial charge on any atom is 0.251 e. The number of nitrogens with one attached hydrogen (secondary N) is 3. The fraction of sp³-hybridized carbons (Fsp3) is 0.529. The summed E-state index contributed by atoms with van der Waals surface area (Å²) in [6.07, 6.45) is 3.85. The zero-order valence-electron chi connectivity index (χ0n) is 13.3.